The summed E-state index contributed by atoms with van der Waals surface area (Å²) < 4.78 is 5.13. The Labute approximate surface area is 165 Å². The predicted octanol–water partition coefficient (Wildman–Crippen LogP) is 1.94. The maximum absolute atomic E-state index is 13.1. The summed E-state index contributed by atoms with van der Waals surface area (Å²) in [6, 6.07) is 9.65. The Hall–Kier alpha value is -2.41. The Morgan fingerprint density at radius 2 is 2.04 bits per heavy atom. The van der Waals surface area contributed by atoms with E-state index in [0.29, 0.717) is 25.9 Å². The van der Waals surface area contributed by atoms with Gasteiger partial charge in [0, 0.05) is 33.2 Å². The van der Waals surface area contributed by atoms with Crippen LogP contribution in [0.15, 0.2) is 30.3 Å². The lowest BCUT2D eigenvalue weighted by Crippen LogP contribution is -2.53. The molecule has 2 heterocycles. The number of hydrogen-bond acceptors (Lipinski definition) is 4. The van der Waals surface area contributed by atoms with E-state index in [2.05, 4.69) is 0 Å². The van der Waals surface area contributed by atoms with E-state index in [0.717, 1.165) is 5.56 Å². The molecule has 0 bridgehead atoms. The van der Waals surface area contributed by atoms with Gasteiger partial charge in [0.25, 0.3) is 0 Å². The Balaban J connectivity index is 1.69. The summed E-state index contributed by atoms with van der Waals surface area (Å²) in [4.78, 5) is 40.8. The van der Waals surface area contributed by atoms with Gasteiger partial charge in [-0.3, -0.25) is 14.4 Å². The molecule has 0 spiro atoms. The lowest BCUT2D eigenvalue weighted by molar-refractivity contribution is -0.160. The highest BCUT2D eigenvalue weighted by Crippen LogP contribution is 2.34. The van der Waals surface area contributed by atoms with Crippen LogP contribution in [0.4, 0.5) is 0 Å². The molecule has 2 aliphatic heterocycles. The minimum Gasteiger partial charge on any atom is -0.481 e. The van der Waals surface area contributed by atoms with Crippen LogP contribution in [0.3, 0.4) is 0 Å². The summed E-state index contributed by atoms with van der Waals surface area (Å²) >= 11 is 0. The number of piperidine rings is 1. The Bertz CT molecular complexity index is 734. The zero-order valence-electron chi connectivity index (χ0n) is 16.5. The highest BCUT2D eigenvalue weighted by atomic mass is 16.5. The van der Waals surface area contributed by atoms with Crippen molar-refractivity contribution in [1.82, 2.24) is 9.80 Å². The normalized spacial score (nSPS) is 26.4. The van der Waals surface area contributed by atoms with Crippen molar-refractivity contribution in [2.24, 2.45) is 11.3 Å². The van der Waals surface area contributed by atoms with Crippen LogP contribution in [0.5, 0.6) is 0 Å². The molecule has 7 nitrogen and oxygen atoms in total. The van der Waals surface area contributed by atoms with Gasteiger partial charge in [-0.2, -0.15) is 0 Å². The van der Waals surface area contributed by atoms with E-state index >= 15 is 0 Å². The van der Waals surface area contributed by atoms with Crippen molar-refractivity contribution in [2.45, 2.75) is 32.2 Å². The molecule has 1 N–H and O–H groups in total. The number of carbonyl (C=O) groups is 3. The van der Waals surface area contributed by atoms with Crippen LogP contribution in [-0.4, -0.2) is 66.0 Å². The fraction of sp³-hybridized carbons (Fsp3) is 0.571. The second kappa shape index (κ2) is 8.31. The zero-order valence-corrected chi connectivity index (χ0v) is 16.5. The molecule has 7 heteroatoms. The van der Waals surface area contributed by atoms with Crippen LogP contribution in [0.2, 0.25) is 0 Å². The quantitative estimate of drug-likeness (QED) is 0.805. The van der Waals surface area contributed by atoms with Crippen LogP contribution < -0.4 is 0 Å². The van der Waals surface area contributed by atoms with Crippen LogP contribution in [0.1, 0.15) is 37.8 Å². The first-order chi connectivity index (χ1) is 13.4. The van der Waals surface area contributed by atoms with E-state index in [4.69, 9.17) is 4.74 Å². The molecule has 2 saturated heterocycles. The number of benzene rings is 1. The molecule has 0 radical (unpaired) electrons. The second-order valence-electron chi connectivity index (χ2n) is 7.92. The third-order valence-corrected chi connectivity index (χ3v) is 6.02. The highest BCUT2D eigenvalue weighted by molar-refractivity contribution is 5.90. The number of methoxy groups -OCH3 is 1. The number of ether oxygens (including phenoxy) is 1. The van der Waals surface area contributed by atoms with Gasteiger partial charge in [-0.1, -0.05) is 30.3 Å². The van der Waals surface area contributed by atoms with Gasteiger partial charge >= 0.3 is 5.97 Å². The summed E-state index contributed by atoms with van der Waals surface area (Å²) in [5.74, 6) is -1.52. The lowest BCUT2D eigenvalue weighted by Gasteiger charge is -2.40. The number of rotatable bonds is 6. The molecule has 1 aromatic carbocycles. The summed E-state index contributed by atoms with van der Waals surface area (Å²) in [6.45, 7) is 3.07. The molecule has 28 heavy (non-hydrogen) atoms. The van der Waals surface area contributed by atoms with Gasteiger partial charge in [0.1, 0.15) is 5.41 Å². The molecule has 2 fully saturated rings. The Morgan fingerprint density at radius 1 is 1.32 bits per heavy atom. The van der Waals surface area contributed by atoms with Crippen LogP contribution in [0, 0.1) is 11.3 Å². The highest BCUT2D eigenvalue weighted by Gasteiger charge is 2.46. The van der Waals surface area contributed by atoms with E-state index < -0.39 is 17.3 Å². The SMILES string of the molecule is COCC1(C(=O)O)CCCN(C(=O)C2CC(=O)N(C(C)c3ccccc3)C2)C1. The Morgan fingerprint density at radius 3 is 2.68 bits per heavy atom. The Kier molecular flexibility index (Phi) is 6.03. The third kappa shape index (κ3) is 3.90. The molecule has 1 aromatic rings. The number of likely N-dealkylation sites (tertiary alicyclic amines) is 2. The number of carboxylic acids is 1. The summed E-state index contributed by atoms with van der Waals surface area (Å²) in [5, 5.41) is 9.69. The molecule has 3 unspecified atom stereocenters. The fourth-order valence-corrected chi connectivity index (χ4v) is 4.39. The molecule has 152 valence electrons. The predicted molar refractivity (Wildman–Crippen MR) is 102 cm³/mol. The molecule has 3 rings (SSSR count). The number of amides is 2. The smallest absolute Gasteiger partial charge is 0.313 e. The summed E-state index contributed by atoms with van der Waals surface area (Å²) in [6.07, 6.45) is 1.28. The average Bonchev–Trinajstić information content (AvgIpc) is 3.09. The third-order valence-electron chi connectivity index (χ3n) is 6.02. The molecular weight excluding hydrogens is 360 g/mol. The van der Waals surface area contributed by atoms with E-state index in [1.807, 2.05) is 37.3 Å². The van der Waals surface area contributed by atoms with Crippen LogP contribution in [-0.2, 0) is 19.1 Å². The molecule has 0 saturated carbocycles. The summed E-state index contributed by atoms with van der Waals surface area (Å²) in [7, 11) is 1.48. The van der Waals surface area contributed by atoms with Crippen molar-refractivity contribution in [3.63, 3.8) is 0 Å². The molecular formula is C21H28N2O5. The maximum Gasteiger partial charge on any atom is 0.313 e. The van der Waals surface area contributed by atoms with E-state index in [1.165, 1.54) is 7.11 Å². The van der Waals surface area contributed by atoms with Crippen molar-refractivity contribution in [2.75, 3.05) is 33.4 Å². The molecule has 3 atom stereocenters. The number of aliphatic carboxylic acids is 1. The van der Waals surface area contributed by atoms with E-state index in [9.17, 15) is 19.5 Å². The number of carboxylic acid groups (broad SMARTS) is 1. The van der Waals surface area contributed by atoms with Crippen molar-refractivity contribution in [1.29, 1.82) is 0 Å². The fourth-order valence-electron chi connectivity index (χ4n) is 4.39. The zero-order chi connectivity index (χ0) is 20.3. The molecule has 2 aliphatic rings. The first kappa shape index (κ1) is 20.3. The minimum absolute atomic E-state index is 0.0342. The van der Waals surface area contributed by atoms with Crippen molar-refractivity contribution in [3.05, 3.63) is 35.9 Å². The second-order valence-corrected chi connectivity index (χ2v) is 7.92. The van der Waals surface area contributed by atoms with Gasteiger partial charge in [0.2, 0.25) is 11.8 Å². The van der Waals surface area contributed by atoms with Gasteiger partial charge in [-0.05, 0) is 25.3 Å². The van der Waals surface area contributed by atoms with Gasteiger partial charge in [0.15, 0.2) is 0 Å². The maximum atomic E-state index is 13.1. The van der Waals surface area contributed by atoms with Crippen molar-refractivity contribution >= 4 is 17.8 Å². The summed E-state index contributed by atoms with van der Waals surface area (Å²) in [5.41, 5.74) is -0.0330. The minimum atomic E-state index is -1.07. The van der Waals surface area contributed by atoms with Gasteiger partial charge in [-0.15, -0.1) is 0 Å². The molecule has 0 aliphatic carbocycles. The van der Waals surface area contributed by atoms with Gasteiger partial charge in [-0.25, -0.2) is 0 Å². The standard InChI is InChI=1S/C21H28N2O5/c1-15(16-7-4-3-5-8-16)23-12-17(11-18(23)24)19(25)22-10-6-9-21(13-22,14-28-2)20(26)27/h3-5,7-8,15,17H,6,9-14H2,1-2H3,(H,26,27). The first-order valence-electron chi connectivity index (χ1n) is 9.73. The molecule has 0 aromatic heterocycles. The van der Waals surface area contributed by atoms with Crippen molar-refractivity contribution < 1.29 is 24.2 Å². The van der Waals surface area contributed by atoms with E-state index in [1.54, 1.807) is 9.80 Å². The van der Waals surface area contributed by atoms with Gasteiger partial charge < -0.3 is 19.6 Å². The first-order valence-corrected chi connectivity index (χ1v) is 9.73. The van der Waals surface area contributed by atoms with E-state index in [-0.39, 0.29) is 37.4 Å². The van der Waals surface area contributed by atoms with Crippen LogP contribution >= 0.6 is 0 Å². The van der Waals surface area contributed by atoms with Gasteiger partial charge in [0.05, 0.1) is 18.6 Å². The monoisotopic (exact) mass is 388 g/mol. The average molecular weight is 388 g/mol. The number of carbonyl (C=O) groups excluding carboxylic acids is 2. The van der Waals surface area contributed by atoms with Crippen molar-refractivity contribution in [3.8, 4) is 0 Å². The van der Waals surface area contributed by atoms with Crippen LogP contribution in [0.25, 0.3) is 0 Å². The number of nitrogens with zero attached hydrogens (tertiary/aromatic N) is 2. The largest absolute Gasteiger partial charge is 0.481 e. The molecule has 2 amide bonds. The lowest BCUT2D eigenvalue weighted by atomic mass is 9.80. The topological polar surface area (TPSA) is 87.1 Å². The number of hydrogen-bond donors (Lipinski definition) is 1.